The van der Waals surface area contributed by atoms with Gasteiger partial charge in [0.2, 0.25) is 5.91 Å². The quantitative estimate of drug-likeness (QED) is 0.665. The molecule has 1 heterocycles. The fourth-order valence-electron chi connectivity index (χ4n) is 2.02. The first-order valence-electron chi connectivity index (χ1n) is 5.87. The Balaban J connectivity index is 2.33. The van der Waals surface area contributed by atoms with Gasteiger partial charge in [-0.2, -0.15) is 0 Å². The van der Waals surface area contributed by atoms with Gasteiger partial charge in [-0.3, -0.25) is 4.79 Å². The number of aliphatic hydroxyl groups excluding tert-OH is 1. The summed E-state index contributed by atoms with van der Waals surface area (Å²) in [5.74, 6) is 0.690. The van der Waals surface area contributed by atoms with Crippen LogP contribution < -0.4 is 5.32 Å². The molecule has 1 unspecified atom stereocenters. The molecular weight excluding hydrogens is 192 g/mol. The second kappa shape index (κ2) is 6.80. The van der Waals surface area contributed by atoms with E-state index in [1.54, 1.807) is 4.90 Å². The van der Waals surface area contributed by atoms with Gasteiger partial charge in [-0.25, -0.2) is 0 Å². The van der Waals surface area contributed by atoms with E-state index in [1.165, 1.54) is 0 Å². The van der Waals surface area contributed by atoms with Crippen LogP contribution in [0.4, 0.5) is 0 Å². The zero-order chi connectivity index (χ0) is 11.1. The van der Waals surface area contributed by atoms with Crippen molar-refractivity contribution in [2.45, 2.75) is 26.2 Å². The summed E-state index contributed by atoms with van der Waals surface area (Å²) in [4.78, 5) is 13.6. The van der Waals surface area contributed by atoms with E-state index in [-0.39, 0.29) is 12.5 Å². The third-order valence-electron chi connectivity index (χ3n) is 2.84. The summed E-state index contributed by atoms with van der Waals surface area (Å²) in [7, 11) is 0. The van der Waals surface area contributed by atoms with E-state index in [1.807, 2.05) is 0 Å². The minimum Gasteiger partial charge on any atom is -0.395 e. The number of nitrogens with zero attached hydrogens (tertiary/aromatic N) is 1. The van der Waals surface area contributed by atoms with Crippen molar-refractivity contribution in [1.82, 2.24) is 10.2 Å². The van der Waals surface area contributed by atoms with E-state index < -0.39 is 0 Å². The molecule has 1 fully saturated rings. The highest BCUT2D eigenvalue weighted by Gasteiger charge is 2.21. The first kappa shape index (κ1) is 12.5. The van der Waals surface area contributed by atoms with Crippen LogP contribution in [0.1, 0.15) is 26.2 Å². The van der Waals surface area contributed by atoms with Crippen molar-refractivity contribution in [3.05, 3.63) is 0 Å². The molecule has 1 atom stereocenters. The lowest BCUT2D eigenvalue weighted by atomic mass is 10.0. The topological polar surface area (TPSA) is 52.6 Å². The second-order valence-electron chi connectivity index (χ2n) is 4.17. The zero-order valence-electron chi connectivity index (χ0n) is 9.54. The third-order valence-corrected chi connectivity index (χ3v) is 2.84. The molecule has 0 spiro atoms. The lowest BCUT2D eigenvalue weighted by Crippen LogP contribution is -2.35. The molecule has 2 N–H and O–H groups in total. The van der Waals surface area contributed by atoms with Gasteiger partial charge in [0.05, 0.1) is 6.61 Å². The van der Waals surface area contributed by atoms with Gasteiger partial charge >= 0.3 is 0 Å². The fourth-order valence-corrected chi connectivity index (χ4v) is 2.02. The van der Waals surface area contributed by atoms with Crippen LogP contribution in [0.3, 0.4) is 0 Å². The van der Waals surface area contributed by atoms with Crippen molar-refractivity contribution >= 4 is 5.91 Å². The van der Waals surface area contributed by atoms with Gasteiger partial charge in [-0.15, -0.1) is 0 Å². The van der Waals surface area contributed by atoms with Crippen LogP contribution in [0.25, 0.3) is 0 Å². The molecule has 1 rings (SSSR count). The summed E-state index contributed by atoms with van der Waals surface area (Å²) in [6.07, 6.45) is 2.69. The van der Waals surface area contributed by atoms with Crippen LogP contribution in [0.15, 0.2) is 0 Å². The molecule has 1 saturated heterocycles. The molecule has 0 saturated carbocycles. The van der Waals surface area contributed by atoms with Gasteiger partial charge in [0.15, 0.2) is 0 Å². The average molecular weight is 214 g/mol. The number of nitrogens with one attached hydrogen (secondary N) is 1. The van der Waals surface area contributed by atoms with Crippen LogP contribution in [0.5, 0.6) is 0 Å². The van der Waals surface area contributed by atoms with Crippen LogP contribution in [0, 0.1) is 5.92 Å². The average Bonchev–Trinajstić information content (AvgIpc) is 2.70. The van der Waals surface area contributed by atoms with Gasteiger partial charge in [0.1, 0.15) is 0 Å². The maximum absolute atomic E-state index is 11.9. The predicted molar refractivity (Wildman–Crippen MR) is 59.6 cm³/mol. The maximum Gasteiger partial charge on any atom is 0.222 e. The Bertz CT molecular complexity index is 185. The van der Waals surface area contributed by atoms with Crippen LogP contribution >= 0.6 is 0 Å². The van der Waals surface area contributed by atoms with Gasteiger partial charge < -0.3 is 15.3 Å². The minimum atomic E-state index is 0.0641. The molecule has 0 aromatic carbocycles. The Hall–Kier alpha value is -0.610. The molecule has 0 radical (unpaired) electrons. The lowest BCUT2D eigenvalue weighted by Gasteiger charge is -2.22. The second-order valence-corrected chi connectivity index (χ2v) is 4.17. The number of rotatable bonds is 6. The van der Waals surface area contributed by atoms with E-state index in [0.29, 0.717) is 18.9 Å². The number of carbonyl (C=O) groups is 1. The lowest BCUT2D eigenvalue weighted by molar-refractivity contribution is -0.132. The zero-order valence-corrected chi connectivity index (χ0v) is 9.54. The molecule has 1 amide bonds. The highest BCUT2D eigenvalue weighted by Crippen LogP contribution is 2.13. The summed E-state index contributed by atoms with van der Waals surface area (Å²) in [6, 6.07) is 0. The van der Waals surface area contributed by atoms with Crippen molar-refractivity contribution in [3.8, 4) is 0 Å². The molecule has 0 bridgehead atoms. The smallest absolute Gasteiger partial charge is 0.222 e. The number of aliphatic hydroxyl groups is 1. The van der Waals surface area contributed by atoms with Crippen molar-refractivity contribution < 1.29 is 9.90 Å². The van der Waals surface area contributed by atoms with E-state index in [9.17, 15) is 4.79 Å². The maximum atomic E-state index is 11.9. The summed E-state index contributed by atoms with van der Waals surface area (Å²) in [5.41, 5.74) is 0. The third kappa shape index (κ3) is 4.18. The molecule has 0 aromatic rings. The van der Waals surface area contributed by atoms with Crippen molar-refractivity contribution in [2.75, 3.05) is 32.8 Å². The Morgan fingerprint density at radius 2 is 2.33 bits per heavy atom. The first-order chi connectivity index (χ1) is 7.27. The molecule has 1 aliphatic heterocycles. The summed E-state index contributed by atoms with van der Waals surface area (Å²) < 4.78 is 0. The van der Waals surface area contributed by atoms with Crippen molar-refractivity contribution in [1.29, 1.82) is 0 Å². The van der Waals surface area contributed by atoms with Crippen molar-refractivity contribution in [3.63, 3.8) is 0 Å². The minimum absolute atomic E-state index is 0.0641. The molecule has 4 nitrogen and oxygen atoms in total. The van der Waals surface area contributed by atoms with Crippen LogP contribution in [-0.2, 0) is 4.79 Å². The van der Waals surface area contributed by atoms with Crippen LogP contribution in [-0.4, -0.2) is 48.7 Å². The number of hydrogen-bond donors (Lipinski definition) is 2. The fraction of sp³-hybridized carbons (Fsp3) is 0.909. The Kier molecular flexibility index (Phi) is 5.65. The molecule has 15 heavy (non-hydrogen) atoms. The van der Waals surface area contributed by atoms with E-state index >= 15 is 0 Å². The van der Waals surface area contributed by atoms with E-state index in [4.69, 9.17) is 5.11 Å². The normalized spacial score (nSPS) is 20.5. The van der Waals surface area contributed by atoms with Crippen molar-refractivity contribution in [2.24, 2.45) is 5.92 Å². The number of amides is 1. The standard InChI is InChI=1S/C11H22N2O2/c1-2-5-13(6-7-14)11(15)8-10-3-4-12-9-10/h10,12,14H,2-9H2,1H3. The molecule has 0 aromatic heterocycles. The highest BCUT2D eigenvalue weighted by atomic mass is 16.3. The van der Waals surface area contributed by atoms with Gasteiger partial charge in [0.25, 0.3) is 0 Å². The Morgan fingerprint density at radius 3 is 2.87 bits per heavy atom. The summed E-state index contributed by atoms with van der Waals surface area (Å²) >= 11 is 0. The largest absolute Gasteiger partial charge is 0.395 e. The molecular formula is C11H22N2O2. The number of carbonyl (C=O) groups excluding carboxylic acids is 1. The molecule has 0 aliphatic carbocycles. The summed E-state index contributed by atoms with van der Waals surface area (Å²) in [6.45, 7) is 5.35. The highest BCUT2D eigenvalue weighted by molar-refractivity contribution is 5.76. The van der Waals surface area contributed by atoms with Gasteiger partial charge in [-0.05, 0) is 31.8 Å². The molecule has 4 heteroatoms. The van der Waals surface area contributed by atoms with E-state index in [2.05, 4.69) is 12.2 Å². The molecule has 88 valence electrons. The SMILES string of the molecule is CCCN(CCO)C(=O)CC1CCNC1. The Morgan fingerprint density at radius 1 is 1.53 bits per heavy atom. The monoisotopic (exact) mass is 214 g/mol. The predicted octanol–water partition coefficient (Wildman–Crippen LogP) is 0.217. The number of hydrogen-bond acceptors (Lipinski definition) is 3. The Labute approximate surface area is 91.6 Å². The summed E-state index contributed by atoms with van der Waals surface area (Å²) in [5, 5.41) is 12.1. The van der Waals surface area contributed by atoms with E-state index in [0.717, 1.165) is 32.5 Å². The first-order valence-corrected chi connectivity index (χ1v) is 5.87. The van der Waals surface area contributed by atoms with Gasteiger partial charge in [0, 0.05) is 19.5 Å². The van der Waals surface area contributed by atoms with Gasteiger partial charge in [-0.1, -0.05) is 6.92 Å². The van der Waals surface area contributed by atoms with Crippen LogP contribution in [0.2, 0.25) is 0 Å². The molecule has 1 aliphatic rings.